The average molecular weight is 198 g/mol. The molecule has 3 heteroatoms. The van der Waals surface area contributed by atoms with Crippen LogP contribution in [0, 0.1) is 12.3 Å². The number of methoxy groups -OCH3 is 1. The average Bonchev–Trinajstić information content (AvgIpc) is 2.16. The third-order valence-corrected chi connectivity index (χ3v) is 2.40. The van der Waals surface area contributed by atoms with Crippen LogP contribution in [0.4, 0.5) is 0 Å². The minimum atomic E-state index is -0.132. The first-order valence-corrected chi connectivity index (χ1v) is 5.00. The van der Waals surface area contributed by atoms with Crippen LogP contribution in [0.2, 0.25) is 0 Å². The van der Waals surface area contributed by atoms with E-state index in [2.05, 4.69) is 25.2 Å². The smallest absolute Gasteiger partial charge is 0.0638 e. The van der Waals surface area contributed by atoms with Crippen molar-refractivity contribution < 1.29 is 4.74 Å². The molecular formula is C11H22N2O. The fourth-order valence-electron chi connectivity index (χ4n) is 1.37. The molecular weight excluding hydrogens is 176 g/mol. The van der Waals surface area contributed by atoms with E-state index >= 15 is 0 Å². The standard InChI is InChI=1S/C11H22N2O/c1-5-6-7-8-10(13-12)9-11(2,3)14-4/h1,10,13H,6-9,12H2,2-4H3. The number of nitrogens with one attached hydrogen (secondary N) is 1. The molecule has 0 bridgehead atoms. The van der Waals surface area contributed by atoms with E-state index in [9.17, 15) is 0 Å². The lowest BCUT2D eigenvalue weighted by molar-refractivity contribution is 0.00624. The molecule has 0 aromatic rings. The number of hydrogen-bond donors (Lipinski definition) is 2. The van der Waals surface area contributed by atoms with Crippen LogP contribution < -0.4 is 11.3 Å². The molecule has 0 fully saturated rings. The number of terminal acetylenes is 1. The zero-order valence-electron chi connectivity index (χ0n) is 9.47. The summed E-state index contributed by atoms with van der Waals surface area (Å²) in [6, 6.07) is 0.276. The Morgan fingerprint density at radius 2 is 2.21 bits per heavy atom. The molecule has 0 aliphatic carbocycles. The predicted octanol–water partition coefficient (Wildman–Crippen LogP) is 1.44. The summed E-state index contributed by atoms with van der Waals surface area (Å²) in [5.41, 5.74) is 2.67. The van der Waals surface area contributed by atoms with E-state index in [-0.39, 0.29) is 11.6 Å². The third-order valence-electron chi connectivity index (χ3n) is 2.40. The maximum absolute atomic E-state index is 5.46. The van der Waals surface area contributed by atoms with Crippen LogP contribution in [0.5, 0.6) is 0 Å². The molecule has 0 radical (unpaired) electrons. The molecule has 0 saturated heterocycles. The van der Waals surface area contributed by atoms with Gasteiger partial charge in [0, 0.05) is 19.6 Å². The minimum Gasteiger partial charge on any atom is -0.379 e. The number of hydrogen-bond acceptors (Lipinski definition) is 3. The molecule has 1 atom stereocenters. The van der Waals surface area contributed by atoms with E-state index in [4.69, 9.17) is 17.0 Å². The monoisotopic (exact) mass is 198 g/mol. The van der Waals surface area contributed by atoms with Crippen molar-refractivity contribution in [2.45, 2.75) is 51.2 Å². The summed E-state index contributed by atoms with van der Waals surface area (Å²) in [4.78, 5) is 0. The van der Waals surface area contributed by atoms with Gasteiger partial charge in [0.05, 0.1) is 5.60 Å². The lowest BCUT2D eigenvalue weighted by Gasteiger charge is -2.28. The number of nitrogens with two attached hydrogens (primary N) is 1. The molecule has 0 aliphatic rings. The Morgan fingerprint density at radius 1 is 1.57 bits per heavy atom. The van der Waals surface area contributed by atoms with Crippen LogP contribution in [-0.4, -0.2) is 18.8 Å². The summed E-state index contributed by atoms with van der Waals surface area (Å²) < 4.78 is 5.34. The molecule has 14 heavy (non-hydrogen) atoms. The molecule has 82 valence electrons. The minimum absolute atomic E-state index is 0.132. The second kappa shape index (κ2) is 6.83. The molecule has 1 unspecified atom stereocenters. The van der Waals surface area contributed by atoms with Gasteiger partial charge in [0.15, 0.2) is 0 Å². The second-order valence-electron chi connectivity index (χ2n) is 4.13. The fourth-order valence-corrected chi connectivity index (χ4v) is 1.37. The molecule has 0 aliphatic heterocycles. The Labute approximate surface area is 87.4 Å². The zero-order valence-corrected chi connectivity index (χ0v) is 9.47. The van der Waals surface area contributed by atoms with Crippen molar-refractivity contribution in [3.63, 3.8) is 0 Å². The number of rotatable bonds is 7. The van der Waals surface area contributed by atoms with Crippen LogP contribution >= 0.6 is 0 Å². The molecule has 3 nitrogen and oxygen atoms in total. The van der Waals surface area contributed by atoms with Gasteiger partial charge in [0.25, 0.3) is 0 Å². The van der Waals surface area contributed by atoms with Gasteiger partial charge in [0.1, 0.15) is 0 Å². The number of hydrazine groups is 1. The summed E-state index contributed by atoms with van der Waals surface area (Å²) in [6.07, 6.45) is 8.89. The summed E-state index contributed by atoms with van der Waals surface area (Å²) in [6.45, 7) is 4.11. The molecule has 0 heterocycles. The first kappa shape index (κ1) is 13.4. The lowest BCUT2D eigenvalue weighted by atomic mass is 9.96. The van der Waals surface area contributed by atoms with Crippen molar-refractivity contribution in [1.29, 1.82) is 0 Å². The largest absolute Gasteiger partial charge is 0.379 e. The third kappa shape index (κ3) is 5.98. The Morgan fingerprint density at radius 3 is 2.64 bits per heavy atom. The molecule has 3 N–H and O–H groups in total. The van der Waals surface area contributed by atoms with Gasteiger partial charge in [-0.1, -0.05) is 0 Å². The topological polar surface area (TPSA) is 47.3 Å². The Bertz CT molecular complexity index is 184. The van der Waals surface area contributed by atoms with Crippen molar-refractivity contribution in [1.82, 2.24) is 5.43 Å². The molecule has 0 saturated carbocycles. The van der Waals surface area contributed by atoms with Crippen molar-refractivity contribution in [3.8, 4) is 12.3 Å². The SMILES string of the molecule is C#CCCCC(CC(C)(C)OC)NN. The van der Waals surface area contributed by atoms with Crippen LogP contribution in [0.1, 0.15) is 39.5 Å². The maximum Gasteiger partial charge on any atom is 0.0638 e. The Balaban J connectivity index is 3.85. The van der Waals surface area contributed by atoms with E-state index < -0.39 is 0 Å². The lowest BCUT2D eigenvalue weighted by Crippen LogP contribution is -2.41. The summed E-state index contributed by atoms with van der Waals surface area (Å²) >= 11 is 0. The van der Waals surface area contributed by atoms with Crippen LogP contribution in [0.15, 0.2) is 0 Å². The quantitative estimate of drug-likeness (QED) is 0.282. The Kier molecular flexibility index (Phi) is 6.56. The van der Waals surface area contributed by atoms with Gasteiger partial charge < -0.3 is 4.74 Å². The van der Waals surface area contributed by atoms with Gasteiger partial charge in [-0.25, -0.2) is 0 Å². The van der Waals surface area contributed by atoms with Crippen molar-refractivity contribution in [2.24, 2.45) is 5.84 Å². The van der Waals surface area contributed by atoms with Crippen molar-refractivity contribution in [2.75, 3.05) is 7.11 Å². The summed E-state index contributed by atoms with van der Waals surface area (Å²) in [7, 11) is 1.72. The summed E-state index contributed by atoms with van der Waals surface area (Å²) in [5.74, 6) is 8.08. The van der Waals surface area contributed by atoms with E-state index in [0.717, 1.165) is 25.7 Å². The van der Waals surface area contributed by atoms with Crippen LogP contribution in [0.3, 0.4) is 0 Å². The van der Waals surface area contributed by atoms with Gasteiger partial charge in [-0.15, -0.1) is 12.3 Å². The van der Waals surface area contributed by atoms with Crippen molar-refractivity contribution >= 4 is 0 Å². The fraction of sp³-hybridized carbons (Fsp3) is 0.818. The van der Waals surface area contributed by atoms with Gasteiger partial charge in [-0.05, 0) is 33.1 Å². The van der Waals surface area contributed by atoms with Gasteiger partial charge in [-0.2, -0.15) is 0 Å². The molecule has 0 aromatic carbocycles. The van der Waals surface area contributed by atoms with Crippen molar-refractivity contribution in [3.05, 3.63) is 0 Å². The Hall–Kier alpha value is -0.560. The second-order valence-corrected chi connectivity index (χ2v) is 4.13. The normalized spacial score (nSPS) is 13.6. The van der Waals surface area contributed by atoms with E-state index in [1.54, 1.807) is 7.11 Å². The number of ether oxygens (including phenoxy) is 1. The van der Waals surface area contributed by atoms with E-state index in [0.29, 0.717) is 0 Å². The highest BCUT2D eigenvalue weighted by Crippen LogP contribution is 2.18. The highest BCUT2D eigenvalue weighted by molar-refractivity contribution is 4.84. The molecule has 0 aromatic heterocycles. The molecule has 0 spiro atoms. The van der Waals surface area contributed by atoms with E-state index in [1.807, 2.05) is 0 Å². The highest BCUT2D eigenvalue weighted by Gasteiger charge is 2.21. The predicted molar refractivity (Wildman–Crippen MR) is 59.5 cm³/mol. The van der Waals surface area contributed by atoms with Crippen LogP contribution in [-0.2, 0) is 4.74 Å². The molecule has 0 amide bonds. The zero-order chi connectivity index (χ0) is 11.0. The first-order chi connectivity index (χ1) is 6.55. The maximum atomic E-state index is 5.46. The number of unbranched alkanes of at least 4 members (excludes halogenated alkanes) is 1. The van der Waals surface area contributed by atoms with E-state index in [1.165, 1.54) is 0 Å². The summed E-state index contributed by atoms with van der Waals surface area (Å²) in [5, 5.41) is 0. The van der Waals surface area contributed by atoms with Gasteiger partial charge >= 0.3 is 0 Å². The highest BCUT2D eigenvalue weighted by atomic mass is 16.5. The first-order valence-electron chi connectivity index (χ1n) is 5.00. The van der Waals surface area contributed by atoms with Gasteiger partial charge in [-0.3, -0.25) is 11.3 Å². The van der Waals surface area contributed by atoms with Crippen LogP contribution in [0.25, 0.3) is 0 Å². The van der Waals surface area contributed by atoms with Gasteiger partial charge in [0.2, 0.25) is 0 Å². The molecule has 0 rings (SSSR count).